The van der Waals surface area contributed by atoms with Gasteiger partial charge in [-0.25, -0.2) is 4.39 Å². The second kappa shape index (κ2) is 6.90. The smallest absolute Gasteiger partial charge is 0.123 e. The fourth-order valence-corrected chi connectivity index (χ4v) is 1.80. The molecule has 0 saturated carbocycles. The van der Waals surface area contributed by atoms with Crippen LogP contribution in [0.25, 0.3) is 0 Å². The Balaban J connectivity index is 1.93. The number of rotatable bonds is 6. The molecule has 0 bridgehead atoms. The quantitative estimate of drug-likeness (QED) is 0.857. The number of halogens is 1. The fraction of sp³-hybridized carbons (Fsp3) is 0.250. The lowest BCUT2D eigenvalue weighted by atomic mass is 10.1. The molecule has 0 aromatic heterocycles. The van der Waals surface area contributed by atoms with Gasteiger partial charge in [-0.05, 0) is 41.9 Å². The molecular formula is C16H18FNO. The molecule has 1 N–H and O–H groups in total. The van der Waals surface area contributed by atoms with Gasteiger partial charge in [0.15, 0.2) is 0 Å². The molecule has 2 nitrogen and oxygen atoms in total. The molecule has 0 aliphatic heterocycles. The summed E-state index contributed by atoms with van der Waals surface area (Å²) < 4.78 is 18.4. The zero-order chi connectivity index (χ0) is 13.5. The third kappa shape index (κ3) is 4.38. The summed E-state index contributed by atoms with van der Waals surface area (Å²) in [6.45, 7) is 4.39. The molecular weight excluding hydrogens is 241 g/mol. The lowest BCUT2D eigenvalue weighted by molar-refractivity contribution is 0.305. The lowest BCUT2D eigenvalue weighted by Gasteiger charge is -2.08. The van der Waals surface area contributed by atoms with Crippen molar-refractivity contribution in [3.63, 3.8) is 0 Å². The van der Waals surface area contributed by atoms with Gasteiger partial charge < -0.3 is 10.1 Å². The Hall–Kier alpha value is -1.87. The standard InChI is InChI=1S/C16H18FNO/c1-2-18-11-13-4-3-5-14(10-13)12-19-16-8-6-15(17)7-9-16/h3-10,18H,2,11-12H2,1H3. The molecule has 2 aromatic rings. The van der Waals surface area contributed by atoms with Gasteiger partial charge in [0.2, 0.25) is 0 Å². The fourth-order valence-electron chi connectivity index (χ4n) is 1.80. The van der Waals surface area contributed by atoms with E-state index >= 15 is 0 Å². The van der Waals surface area contributed by atoms with Crippen LogP contribution in [-0.2, 0) is 13.2 Å². The number of hydrogen-bond acceptors (Lipinski definition) is 2. The summed E-state index contributed by atoms with van der Waals surface area (Å²) in [4.78, 5) is 0. The molecule has 0 amide bonds. The lowest BCUT2D eigenvalue weighted by Crippen LogP contribution is -2.11. The van der Waals surface area contributed by atoms with Crippen molar-refractivity contribution in [3.05, 3.63) is 65.5 Å². The summed E-state index contributed by atoms with van der Waals surface area (Å²) in [6.07, 6.45) is 0. The third-order valence-electron chi connectivity index (χ3n) is 2.79. The monoisotopic (exact) mass is 259 g/mol. The van der Waals surface area contributed by atoms with Crippen molar-refractivity contribution < 1.29 is 9.13 Å². The molecule has 0 saturated heterocycles. The van der Waals surface area contributed by atoms with E-state index in [0.717, 1.165) is 18.7 Å². The zero-order valence-corrected chi connectivity index (χ0v) is 11.0. The molecule has 0 aliphatic rings. The SMILES string of the molecule is CCNCc1cccc(COc2ccc(F)cc2)c1. The highest BCUT2D eigenvalue weighted by Gasteiger charge is 1.98. The summed E-state index contributed by atoms with van der Waals surface area (Å²) in [5.41, 5.74) is 2.35. The summed E-state index contributed by atoms with van der Waals surface area (Å²) in [6, 6.07) is 14.3. The Bertz CT molecular complexity index is 510. The summed E-state index contributed by atoms with van der Waals surface area (Å²) in [5.74, 6) is 0.429. The highest BCUT2D eigenvalue weighted by atomic mass is 19.1. The highest BCUT2D eigenvalue weighted by molar-refractivity contribution is 5.25. The van der Waals surface area contributed by atoms with E-state index < -0.39 is 0 Å². The van der Waals surface area contributed by atoms with Crippen LogP contribution in [0.15, 0.2) is 48.5 Å². The van der Waals surface area contributed by atoms with Crippen molar-refractivity contribution in [3.8, 4) is 5.75 Å². The normalized spacial score (nSPS) is 10.4. The molecule has 0 radical (unpaired) electrons. The van der Waals surface area contributed by atoms with Gasteiger partial charge in [0.05, 0.1) is 0 Å². The minimum absolute atomic E-state index is 0.250. The molecule has 3 heteroatoms. The molecule has 2 rings (SSSR count). The highest BCUT2D eigenvalue weighted by Crippen LogP contribution is 2.14. The Kier molecular flexibility index (Phi) is 4.93. The van der Waals surface area contributed by atoms with Gasteiger partial charge in [-0.1, -0.05) is 31.2 Å². The number of hydrogen-bond donors (Lipinski definition) is 1. The molecule has 0 unspecified atom stereocenters. The van der Waals surface area contributed by atoms with E-state index in [9.17, 15) is 4.39 Å². The van der Waals surface area contributed by atoms with Gasteiger partial charge in [0, 0.05) is 6.54 Å². The Morgan fingerprint density at radius 3 is 2.53 bits per heavy atom. The van der Waals surface area contributed by atoms with Crippen molar-refractivity contribution in [2.45, 2.75) is 20.1 Å². The molecule has 100 valence electrons. The first-order chi connectivity index (χ1) is 9.28. The van der Waals surface area contributed by atoms with Gasteiger partial charge >= 0.3 is 0 Å². The molecule has 0 spiro atoms. The topological polar surface area (TPSA) is 21.3 Å². The van der Waals surface area contributed by atoms with Crippen LogP contribution in [-0.4, -0.2) is 6.54 Å². The first-order valence-corrected chi connectivity index (χ1v) is 6.45. The predicted octanol–water partition coefficient (Wildman–Crippen LogP) is 3.51. The Morgan fingerprint density at radius 1 is 1.05 bits per heavy atom. The van der Waals surface area contributed by atoms with Crippen molar-refractivity contribution in [1.29, 1.82) is 0 Å². The number of benzene rings is 2. The molecule has 0 fully saturated rings. The van der Waals surface area contributed by atoms with Gasteiger partial charge in [-0.3, -0.25) is 0 Å². The molecule has 19 heavy (non-hydrogen) atoms. The van der Waals surface area contributed by atoms with E-state index in [4.69, 9.17) is 4.74 Å². The summed E-state index contributed by atoms with van der Waals surface area (Å²) in [5, 5.41) is 3.29. The van der Waals surface area contributed by atoms with Crippen molar-refractivity contribution in [2.75, 3.05) is 6.54 Å². The van der Waals surface area contributed by atoms with Crippen LogP contribution < -0.4 is 10.1 Å². The van der Waals surface area contributed by atoms with Crippen molar-refractivity contribution in [2.24, 2.45) is 0 Å². The first-order valence-electron chi connectivity index (χ1n) is 6.45. The van der Waals surface area contributed by atoms with Crippen LogP contribution in [0.2, 0.25) is 0 Å². The van der Waals surface area contributed by atoms with Crippen LogP contribution in [0, 0.1) is 5.82 Å². The van der Waals surface area contributed by atoms with Crippen LogP contribution >= 0.6 is 0 Å². The van der Waals surface area contributed by atoms with Gasteiger partial charge in [0.25, 0.3) is 0 Å². The maximum atomic E-state index is 12.8. The molecule has 0 aliphatic carbocycles. The van der Waals surface area contributed by atoms with E-state index in [1.54, 1.807) is 12.1 Å². The van der Waals surface area contributed by atoms with E-state index in [-0.39, 0.29) is 5.82 Å². The number of nitrogens with one attached hydrogen (secondary N) is 1. The third-order valence-corrected chi connectivity index (χ3v) is 2.79. The van der Waals surface area contributed by atoms with Crippen LogP contribution in [0.3, 0.4) is 0 Å². The van der Waals surface area contributed by atoms with Gasteiger partial charge in [-0.15, -0.1) is 0 Å². The van der Waals surface area contributed by atoms with E-state index in [0.29, 0.717) is 12.4 Å². The first kappa shape index (κ1) is 13.6. The van der Waals surface area contributed by atoms with Crippen molar-refractivity contribution in [1.82, 2.24) is 5.32 Å². The Labute approximate surface area is 113 Å². The molecule has 0 heterocycles. The van der Waals surface area contributed by atoms with Crippen LogP contribution in [0.4, 0.5) is 4.39 Å². The van der Waals surface area contributed by atoms with Crippen molar-refractivity contribution >= 4 is 0 Å². The average molecular weight is 259 g/mol. The maximum Gasteiger partial charge on any atom is 0.123 e. The minimum Gasteiger partial charge on any atom is -0.489 e. The zero-order valence-electron chi connectivity index (χ0n) is 11.0. The second-order valence-corrected chi connectivity index (χ2v) is 4.34. The number of ether oxygens (including phenoxy) is 1. The van der Waals surface area contributed by atoms with Crippen LogP contribution in [0.1, 0.15) is 18.1 Å². The predicted molar refractivity (Wildman–Crippen MR) is 74.6 cm³/mol. The molecule has 2 aromatic carbocycles. The van der Waals surface area contributed by atoms with E-state index in [1.807, 2.05) is 12.1 Å². The van der Waals surface area contributed by atoms with Gasteiger partial charge in [-0.2, -0.15) is 0 Å². The molecule has 0 atom stereocenters. The van der Waals surface area contributed by atoms with E-state index in [2.05, 4.69) is 24.4 Å². The largest absolute Gasteiger partial charge is 0.489 e. The second-order valence-electron chi connectivity index (χ2n) is 4.34. The van der Waals surface area contributed by atoms with Crippen LogP contribution in [0.5, 0.6) is 5.75 Å². The average Bonchev–Trinajstić information content (AvgIpc) is 2.45. The summed E-state index contributed by atoms with van der Waals surface area (Å²) >= 11 is 0. The minimum atomic E-state index is -0.250. The van der Waals surface area contributed by atoms with E-state index in [1.165, 1.54) is 17.7 Å². The van der Waals surface area contributed by atoms with Gasteiger partial charge in [0.1, 0.15) is 18.2 Å². The summed E-state index contributed by atoms with van der Waals surface area (Å²) in [7, 11) is 0. The Morgan fingerprint density at radius 2 is 1.79 bits per heavy atom. The maximum absolute atomic E-state index is 12.8.